The summed E-state index contributed by atoms with van der Waals surface area (Å²) in [4.78, 5) is 17.6. The van der Waals surface area contributed by atoms with Crippen LogP contribution in [0.1, 0.15) is 57.6 Å². The van der Waals surface area contributed by atoms with Gasteiger partial charge in [0.25, 0.3) is 0 Å². The number of rotatable bonds is 6. The standard InChI is InChI=1S/C23H33N3O/c1-4-5-17-26(22-15-8-9-16-25(22)3)23(27)24-18(2)20-14-10-12-19-11-6-7-13-21(19)20/h6-7,10-14,18,22H,4-5,8-9,15-17H2,1-3H3,(H,24,27). The zero-order chi connectivity index (χ0) is 19.2. The van der Waals surface area contributed by atoms with Gasteiger partial charge in [0.2, 0.25) is 0 Å². The lowest BCUT2D eigenvalue weighted by molar-refractivity contribution is 0.0535. The maximum atomic E-state index is 13.2. The minimum atomic E-state index is -0.0263. The van der Waals surface area contributed by atoms with E-state index in [1.807, 2.05) is 0 Å². The maximum Gasteiger partial charge on any atom is 0.319 e. The Labute approximate surface area is 163 Å². The van der Waals surface area contributed by atoms with Crippen LogP contribution < -0.4 is 5.32 Å². The maximum absolute atomic E-state index is 13.2. The predicted molar refractivity (Wildman–Crippen MR) is 113 cm³/mol. The molecule has 1 aliphatic rings. The van der Waals surface area contributed by atoms with Gasteiger partial charge in [-0.05, 0) is 62.5 Å². The Balaban J connectivity index is 1.77. The first-order valence-corrected chi connectivity index (χ1v) is 10.4. The van der Waals surface area contributed by atoms with E-state index in [9.17, 15) is 4.79 Å². The minimum Gasteiger partial charge on any atom is -0.331 e. The molecule has 0 bridgehead atoms. The van der Waals surface area contributed by atoms with Gasteiger partial charge < -0.3 is 10.2 Å². The zero-order valence-electron chi connectivity index (χ0n) is 16.9. The molecule has 1 fully saturated rings. The molecule has 0 saturated carbocycles. The summed E-state index contributed by atoms with van der Waals surface area (Å²) in [5.74, 6) is 0. The van der Waals surface area contributed by atoms with Crippen molar-refractivity contribution in [1.29, 1.82) is 0 Å². The van der Waals surface area contributed by atoms with E-state index in [2.05, 4.69) is 78.5 Å². The predicted octanol–water partition coefficient (Wildman–Crippen LogP) is 5.15. The number of likely N-dealkylation sites (tertiary alicyclic amines) is 1. The number of nitrogens with zero attached hydrogens (tertiary/aromatic N) is 2. The van der Waals surface area contributed by atoms with E-state index in [-0.39, 0.29) is 18.2 Å². The molecule has 1 N–H and O–H groups in total. The summed E-state index contributed by atoms with van der Waals surface area (Å²) in [6, 6.07) is 14.7. The fourth-order valence-corrected chi connectivity index (χ4v) is 4.14. The van der Waals surface area contributed by atoms with Gasteiger partial charge in [0, 0.05) is 6.54 Å². The van der Waals surface area contributed by atoms with Crippen molar-refractivity contribution in [1.82, 2.24) is 15.1 Å². The largest absolute Gasteiger partial charge is 0.331 e. The van der Waals surface area contributed by atoms with Crippen LogP contribution in [0.5, 0.6) is 0 Å². The number of hydrogen-bond acceptors (Lipinski definition) is 2. The molecule has 1 aliphatic heterocycles. The lowest BCUT2D eigenvalue weighted by atomic mass is 10.00. The molecule has 2 aromatic carbocycles. The van der Waals surface area contributed by atoms with Crippen molar-refractivity contribution < 1.29 is 4.79 Å². The van der Waals surface area contributed by atoms with E-state index in [0.717, 1.165) is 32.4 Å². The van der Waals surface area contributed by atoms with Gasteiger partial charge in [0.1, 0.15) is 0 Å². The summed E-state index contributed by atoms with van der Waals surface area (Å²) in [7, 11) is 2.14. The Morgan fingerprint density at radius 1 is 1.22 bits per heavy atom. The average molecular weight is 368 g/mol. The number of fused-ring (bicyclic) bond motifs is 1. The molecule has 1 heterocycles. The second-order valence-electron chi connectivity index (χ2n) is 7.74. The van der Waals surface area contributed by atoms with Crippen LogP contribution in [-0.2, 0) is 0 Å². The number of carbonyl (C=O) groups is 1. The number of hydrogen-bond donors (Lipinski definition) is 1. The first-order chi connectivity index (χ1) is 13.1. The fraction of sp³-hybridized carbons (Fsp3) is 0.522. The second-order valence-corrected chi connectivity index (χ2v) is 7.74. The Morgan fingerprint density at radius 2 is 2.00 bits per heavy atom. The topological polar surface area (TPSA) is 35.6 Å². The van der Waals surface area contributed by atoms with Gasteiger partial charge in [-0.15, -0.1) is 0 Å². The highest BCUT2D eigenvalue weighted by Crippen LogP contribution is 2.25. The molecule has 1 saturated heterocycles. The molecular formula is C23H33N3O. The highest BCUT2D eigenvalue weighted by Gasteiger charge is 2.29. The number of urea groups is 1. The van der Waals surface area contributed by atoms with Gasteiger partial charge in [-0.1, -0.05) is 55.8 Å². The van der Waals surface area contributed by atoms with Gasteiger partial charge >= 0.3 is 6.03 Å². The van der Waals surface area contributed by atoms with Gasteiger partial charge in [0.15, 0.2) is 0 Å². The number of amides is 2. The van der Waals surface area contributed by atoms with E-state index >= 15 is 0 Å². The molecule has 146 valence electrons. The molecule has 0 radical (unpaired) electrons. The van der Waals surface area contributed by atoms with Crippen molar-refractivity contribution in [3.8, 4) is 0 Å². The number of nitrogens with one attached hydrogen (secondary N) is 1. The van der Waals surface area contributed by atoms with Crippen molar-refractivity contribution in [3.05, 3.63) is 48.0 Å². The van der Waals surface area contributed by atoms with Crippen molar-refractivity contribution >= 4 is 16.8 Å². The van der Waals surface area contributed by atoms with Crippen LogP contribution in [0, 0.1) is 0 Å². The van der Waals surface area contributed by atoms with Crippen LogP contribution in [0.4, 0.5) is 4.79 Å². The summed E-state index contributed by atoms with van der Waals surface area (Å²) in [5.41, 5.74) is 1.17. The Kier molecular flexibility index (Phi) is 6.73. The molecule has 2 unspecified atom stereocenters. The Morgan fingerprint density at radius 3 is 2.78 bits per heavy atom. The van der Waals surface area contributed by atoms with E-state index in [1.165, 1.54) is 29.2 Å². The Hall–Kier alpha value is -2.07. The van der Waals surface area contributed by atoms with Crippen molar-refractivity contribution in [2.45, 2.75) is 58.2 Å². The Bertz CT molecular complexity index is 755. The quantitative estimate of drug-likeness (QED) is 0.766. The first kappa shape index (κ1) is 19.7. The molecule has 2 amide bonds. The molecule has 4 nitrogen and oxygen atoms in total. The lowest BCUT2D eigenvalue weighted by Crippen LogP contribution is -2.55. The van der Waals surface area contributed by atoms with Gasteiger partial charge in [-0.25, -0.2) is 4.79 Å². The third-order valence-corrected chi connectivity index (χ3v) is 5.73. The highest BCUT2D eigenvalue weighted by atomic mass is 16.2. The van der Waals surface area contributed by atoms with E-state index in [0.29, 0.717) is 0 Å². The van der Waals surface area contributed by atoms with Crippen LogP contribution in [0.2, 0.25) is 0 Å². The molecule has 0 spiro atoms. The van der Waals surface area contributed by atoms with Crippen LogP contribution in [-0.4, -0.2) is 42.1 Å². The van der Waals surface area contributed by atoms with E-state index in [1.54, 1.807) is 0 Å². The minimum absolute atomic E-state index is 0.0263. The number of unbranched alkanes of at least 4 members (excludes halogenated alkanes) is 1. The van der Waals surface area contributed by atoms with Gasteiger partial charge in [-0.3, -0.25) is 4.90 Å². The number of carbonyl (C=O) groups excluding carboxylic acids is 1. The SMILES string of the molecule is CCCCN(C(=O)NC(C)c1cccc2ccccc12)C1CCCCN1C. The van der Waals surface area contributed by atoms with Crippen LogP contribution in [0.15, 0.2) is 42.5 Å². The van der Waals surface area contributed by atoms with E-state index in [4.69, 9.17) is 0 Å². The molecule has 4 heteroatoms. The molecular weight excluding hydrogens is 334 g/mol. The number of benzene rings is 2. The molecule has 27 heavy (non-hydrogen) atoms. The summed E-state index contributed by atoms with van der Waals surface area (Å²) in [5, 5.41) is 5.70. The molecule has 3 rings (SSSR count). The van der Waals surface area contributed by atoms with E-state index < -0.39 is 0 Å². The second kappa shape index (κ2) is 9.23. The van der Waals surface area contributed by atoms with Crippen molar-refractivity contribution in [3.63, 3.8) is 0 Å². The van der Waals surface area contributed by atoms with Gasteiger partial charge in [-0.2, -0.15) is 0 Å². The van der Waals surface area contributed by atoms with Gasteiger partial charge in [0.05, 0.1) is 12.2 Å². The smallest absolute Gasteiger partial charge is 0.319 e. The summed E-state index contributed by atoms with van der Waals surface area (Å²) < 4.78 is 0. The average Bonchev–Trinajstić information content (AvgIpc) is 2.69. The lowest BCUT2D eigenvalue weighted by Gasteiger charge is -2.41. The summed E-state index contributed by atoms with van der Waals surface area (Å²) in [6.07, 6.45) is 5.84. The third-order valence-electron chi connectivity index (χ3n) is 5.73. The fourth-order valence-electron chi connectivity index (χ4n) is 4.14. The molecule has 0 aromatic heterocycles. The molecule has 2 atom stereocenters. The van der Waals surface area contributed by atoms with Crippen LogP contribution in [0.3, 0.4) is 0 Å². The summed E-state index contributed by atoms with van der Waals surface area (Å²) >= 11 is 0. The van der Waals surface area contributed by atoms with Crippen LogP contribution >= 0.6 is 0 Å². The van der Waals surface area contributed by atoms with Crippen molar-refractivity contribution in [2.24, 2.45) is 0 Å². The molecule has 0 aliphatic carbocycles. The zero-order valence-corrected chi connectivity index (χ0v) is 16.9. The normalized spacial score (nSPS) is 19.0. The number of piperidine rings is 1. The van der Waals surface area contributed by atoms with Crippen LogP contribution in [0.25, 0.3) is 10.8 Å². The molecule has 2 aromatic rings. The monoisotopic (exact) mass is 367 g/mol. The highest BCUT2D eigenvalue weighted by molar-refractivity contribution is 5.86. The summed E-state index contributed by atoms with van der Waals surface area (Å²) in [6.45, 7) is 6.15. The third kappa shape index (κ3) is 4.62. The van der Waals surface area contributed by atoms with Crippen molar-refractivity contribution in [2.75, 3.05) is 20.1 Å². The first-order valence-electron chi connectivity index (χ1n) is 10.4.